The van der Waals surface area contributed by atoms with Crippen molar-refractivity contribution in [1.82, 2.24) is 0 Å². The Bertz CT molecular complexity index is 848. The van der Waals surface area contributed by atoms with Gasteiger partial charge in [-0.1, -0.05) is 0 Å². The lowest BCUT2D eigenvalue weighted by Gasteiger charge is -2.03. The number of carbonyl (C=O) groups excluding carboxylic acids is 1. The molecule has 0 aromatic heterocycles. The molecule has 1 aliphatic heterocycles. The largest absolute Gasteiger partial charge is 0.497 e. The third-order valence-corrected chi connectivity index (χ3v) is 3.53. The van der Waals surface area contributed by atoms with Crippen molar-refractivity contribution in [2.24, 2.45) is 0 Å². The van der Waals surface area contributed by atoms with Crippen molar-refractivity contribution in [3.8, 4) is 5.75 Å². The summed E-state index contributed by atoms with van der Waals surface area (Å²) in [6, 6.07) is 13.1. The molecule has 0 saturated carbocycles. The first kappa shape index (κ1) is 15.5. The number of hydrogen-bond acceptors (Lipinski definition) is 5. The van der Waals surface area contributed by atoms with Crippen LogP contribution in [0.3, 0.4) is 0 Å². The fraction of sp³-hybridized carbons (Fsp3) is 0.0556. The van der Waals surface area contributed by atoms with Crippen molar-refractivity contribution < 1.29 is 19.2 Å². The minimum atomic E-state index is -0.470. The van der Waals surface area contributed by atoms with E-state index in [0.717, 1.165) is 5.56 Å². The number of ether oxygens (including phenoxy) is 2. The second-order valence-electron chi connectivity index (χ2n) is 5.07. The van der Waals surface area contributed by atoms with Crippen molar-refractivity contribution in [3.63, 3.8) is 0 Å². The van der Waals surface area contributed by atoms with Gasteiger partial charge in [-0.05, 0) is 54.1 Å². The molecule has 0 N–H and O–H groups in total. The van der Waals surface area contributed by atoms with Crippen LogP contribution in [-0.2, 0) is 9.53 Å². The smallest absolute Gasteiger partial charge is 0.343 e. The Kier molecular flexibility index (Phi) is 4.11. The van der Waals surface area contributed by atoms with E-state index in [2.05, 4.69) is 0 Å². The van der Waals surface area contributed by atoms with Gasteiger partial charge in [-0.15, -0.1) is 0 Å². The molecule has 3 rings (SSSR count). The van der Waals surface area contributed by atoms with E-state index in [9.17, 15) is 14.9 Å². The summed E-state index contributed by atoms with van der Waals surface area (Å²) in [6.45, 7) is 0. The number of cyclic esters (lactones) is 1. The predicted molar refractivity (Wildman–Crippen MR) is 88.1 cm³/mol. The first-order valence-electron chi connectivity index (χ1n) is 7.11. The maximum absolute atomic E-state index is 12.0. The van der Waals surface area contributed by atoms with Crippen LogP contribution in [0.25, 0.3) is 11.8 Å². The lowest BCUT2D eigenvalue weighted by Crippen LogP contribution is -1.97. The number of nitro groups is 1. The summed E-state index contributed by atoms with van der Waals surface area (Å²) < 4.78 is 10.4. The standard InChI is InChI=1S/C18H13NO5/c1-23-16-8-4-13(5-9-16)17-11-14(18(20)24-17)10-12-2-6-15(7-3-12)19(21)22/h2-11H,1H3/b14-10+. The van der Waals surface area contributed by atoms with E-state index in [0.29, 0.717) is 22.6 Å². The van der Waals surface area contributed by atoms with E-state index in [1.165, 1.54) is 12.1 Å². The molecular formula is C18H13NO5. The Morgan fingerprint density at radius 1 is 1.08 bits per heavy atom. The third kappa shape index (κ3) is 3.17. The normalized spacial score (nSPS) is 15.1. The second-order valence-corrected chi connectivity index (χ2v) is 5.07. The molecule has 0 spiro atoms. The van der Waals surface area contributed by atoms with E-state index in [-0.39, 0.29) is 5.69 Å². The number of esters is 1. The number of hydrogen-bond donors (Lipinski definition) is 0. The zero-order valence-corrected chi connectivity index (χ0v) is 12.8. The van der Waals surface area contributed by atoms with Gasteiger partial charge in [0.2, 0.25) is 0 Å². The van der Waals surface area contributed by atoms with Gasteiger partial charge in [-0.3, -0.25) is 10.1 Å². The van der Waals surface area contributed by atoms with Gasteiger partial charge in [0.15, 0.2) is 0 Å². The van der Waals surface area contributed by atoms with Gasteiger partial charge in [0.05, 0.1) is 17.6 Å². The molecule has 0 radical (unpaired) electrons. The maximum Gasteiger partial charge on any atom is 0.343 e. The quantitative estimate of drug-likeness (QED) is 0.372. The topological polar surface area (TPSA) is 78.7 Å². The predicted octanol–water partition coefficient (Wildman–Crippen LogP) is 3.58. The van der Waals surface area contributed by atoms with Crippen molar-refractivity contribution in [2.45, 2.75) is 0 Å². The van der Waals surface area contributed by atoms with Gasteiger partial charge >= 0.3 is 5.97 Å². The number of benzene rings is 2. The van der Waals surface area contributed by atoms with Gasteiger partial charge in [-0.2, -0.15) is 0 Å². The highest BCUT2D eigenvalue weighted by molar-refractivity contribution is 6.05. The number of carbonyl (C=O) groups is 1. The molecule has 6 heteroatoms. The summed E-state index contributed by atoms with van der Waals surface area (Å²) in [4.78, 5) is 22.2. The average Bonchev–Trinajstić information content (AvgIpc) is 2.96. The van der Waals surface area contributed by atoms with E-state index < -0.39 is 10.9 Å². The van der Waals surface area contributed by atoms with Crippen molar-refractivity contribution in [1.29, 1.82) is 0 Å². The van der Waals surface area contributed by atoms with Crippen molar-refractivity contribution in [2.75, 3.05) is 7.11 Å². The molecule has 0 saturated heterocycles. The van der Waals surface area contributed by atoms with Crippen molar-refractivity contribution in [3.05, 3.63) is 81.4 Å². The van der Waals surface area contributed by atoms with E-state index in [1.807, 2.05) is 0 Å². The molecule has 2 aromatic rings. The van der Waals surface area contributed by atoms with Crippen LogP contribution < -0.4 is 4.74 Å². The lowest BCUT2D eigenvalue weighted by molar-refractivity contribution is -0.384. The second kappa shape index (κ2) is 6.37. The maximum atomic E-state index is 12.0. The zero-order chi connectivity index (χ0) is 17.1. The number of nitrogens with zero attached hydrogens (tertiary/aromatic N) is 1. The van der Waals surface area contributed by atoms with Gasteiger partial charge in [0, 0.05) is 17.7 Å². The highest BCUT2D eigenvalue weighted by atomic mass is 16.6. The van der Waals surface area contributed by atoms with Crippen LogP contribution in [-0.4, -0.2) is 18.0 Å². The van der Waals surface area contributed by atoms with E-state index in [4.69, 9.17) is 9.47 Å². The number of methoxy groups -OCH3 is 1. The number of nitro benzene ring substituents is 1. The average molecular weight is 323 g/mol. The number of rotatable bonds is 4. The molecule has 1 aliphatic rings. The first-order chi connectivity index (χ1) is 11.6. The first-order valence-corrected chi connectivity index (χ1v) is 7.11. The van der Waals surface area contributed by atoms with E-state index >= 15 is 0 Å². The summed E-state index contributed by atoms with van der Waals surface area (Å²) >= 11 is 0. The fourth-order valence-corrected chi connectivity index (χ4v) is 2.26. The third-order valence-electron chi connectivity index (χ3n) is 3.53. The SMILES string of the molecule is COc1ccc(C2=C/C(=C\c3ccc([N+](=O)[O-])cc3)C(=O)O2)cc1. The molecule has 1 heterocycles. The van der Waals surface area contributed by atoms with Crippen molar-refractivity contribution >= 4 is 23.5 Å². The van der Waals surface area contributed by atoms with Gasteiger partial charge in [-0.25, -0.2) is 4.79 Å². The van der Waals surface area contributed by atoms with Gasteiger partial charge in [0.1, 0.15) is 11.5 Å². The Morgan fingerprint density at radius 3 is 2.33 bits per heavy atom. The van der Waals surface area contributed by atoms with Crippen LogP contribution in [0, 0.1) is 10.1 Å². The summed E-state index contributed by atoms with van der Waals surface area (Å²) in [6.07, 6.45) is 3.27. The van der Waals surface area contributed by atoms with E-state index in [1.54, 1.807) is 55.7 Å². The molecule has 24 heavy (non-hydrogen) atoms. The Morgan fingerprint density at radius 2 is 1.75 bits per heavy atom. The Labute approximate surface area is 137 Å². The van der Waals surface area contributed by atoms with Crippen LogP contribution in [0.5, 0.6) is 5.75 Å². The molecule has 0 bridgehead atoms. The van der Waals surface area contributed by atoms with Gasteiger partial charge < -0.3 is 9.47 Å². The molecule has 0 unspecified atom stereocenters. The highest BCUT2D eigenvalue weighted by Gasteiger charge is 2.22. The highest BCUT2D eigenvalue weighted by Crippen LogP contribution is 2.28. The zero-order valence-electron chi connectivity index (χ0n) is 12.8. The van der Waals surface area contributed by atoms with Crippen LogP contribution in [0.4, 0.5) is 5.69 Å². The minimum absolute atomic E-state index is 0.000567. The van der Waals surface area contributed by atoms with Crippen LogP contribution in [0.2, 0.25) is 0 Å². The summed E-state index contributed by atoms with van der Waals surface area (Å²) in [7, 11) is 1.58. The molecule has 0 amide bonds. The summed E-state index contributed by atoms with van der Waals surface area (Å²) in [5.74, 6) is 0.709. The fourth-order valence-electron chi connectivity index (χ4n) is 2.26. The summed E-state index contributed by atoms with van der Waals surface area (Å²) in [5.41, 5.74) is 1.83. The Balaban J connectivity index is 1.86. The molecule has 6 nitrogen and oxygen atoms in total. The van der Waals surface area contributed by atoms with Gasteiger partial charge in [0.25, 0.3) is 5.69 Å². The molecule has 0 atom stereocenters. The number of non-ortho nitro benzene ring substituents is 1. The molecular weight excluding hydrogens is 310 g/mol. The Hall–Kier alpha value is -3.41. The van der Waals surface area contributed by atoms with Crippen LogP contribution in [0.15, 0.2) is 60.2 Å². The minimum Gasteiger partial charge on any atom is -0.497 e. The molecule has 0 aliphatic carbocycles. The monoisotopic (exact) mass is 323 g/mol. The molecule has 2 aromatic carbocycles. The molecule has 0 fully saturated rings. The van der Waals surface area contributed by atoms with Crippen LogP contribution in [0.1, 0.15) is 11.1 Å². The molecule has 120 valence electrons. The van der Waals surface area contributed by atoms with Crippen LogP contribution >= 0.6 is 0 Å². The summed E-state index contributed by atoms with van der Waals surface area (Å²) in [5, 5.41) is 10.7. The lowest BCUT2D eigenvalue weighted by atomic mass is 10.1.